The maximum atomic E-state index is 12.1. The van der Waals surface area contributed by atoms with Crippen LogP contribution < -0.4 is 10.2 Å². The fourth-order valence-corrected chi connectivity index (χ4v) is 3.05. The highest BCUT2D eigenvalue weighted by atomic mass is 16.5. The van der Waals surface area contributed by atoms with Crippen molar-refractivity contribution in [1.29, 1.82) is 0 Å². The van der Waals surface area contributed by atoms with Gasteiger partial charge in [0.25, 0.3) is 5.91 Å². The number of nitrogens with one attached hydrogen (secondary N) is 1. The average molecular weight is 366 g/mol. The van der Waals surface area contributed by atoms with E-state index >= 15 is 0 Å². The van der Waals surface area contributed by atoms with Crippen LogP contribution in [-0.2, 0) is 20.7 Å². The molecule has 1 aliphatic heterocycles. The van der Waals surface area contributed by atoms with E-state index in [1.165, 1.54) is 0 Å². The molecule has 2 aromatic rings. The molecule has 1 heterocycles. The van der Waals surface area contributed by atoms with Gasteiger partial charge in [0.1, 0.15) is 0 Å². The number of anilines is 2. The molecule has 0 saturated carbocycles. The Morgan fingerprint density at radius 3 is 2.52 bits per heavy atom. The Balaban J connectivity index is 1.54. The van der Waals surface area contributed by atoms with E-state index in [1.807, 2.05) is 31.2 Å². The number of aryl methyl sites for hydroxylation is 1. The number of hydrogen-bond acceptors (Lipinski definition) is 4. The summed E-state index contributed by atoms with van der Waals surface area (Å²) in [5.41, 5.74) is 2.85. The fourth-order valence-electron chi connectivity index (χ4n) is 3.05. The highest BCUT2D eigenvalue weighted by Crippen LogP contribution is 2.22. The maximum absolute atomic E-state index is 12.1. The van der Waals surface area contributed by atoms with E-state index in [4.69, 9.17) is 4.74 Å². The number of carbonyl (C=O) groups is 3. The van der Waals surface area contributed by atoms with Gasteiger partial charge in [-0.2, -0.15) is 0 Å². The second-order valence-electron chi connectivity index (χ2n) is 6.33. The first kappa shape index (κ1) is 18.6. The Hall–Kier alpha value is -3.15. The van der Waals surface area contributed by atoms with Gasteiger partial charge >= 0.3 is 5.97 Å². The van der Waals surface area contributed by atoms with E-state index in [1.54, 1.807) is 29.2 Å². The van der Waals surface area contributed by atoms with Crippen LogP contribution in [0.3, 0.4) is 0 Å². The van der Waals surface area contributed by atoms with Gasteiger partial charge in [0.05, 0.1) is 5.56 Å². The van der Waals surface area contributed by atoms with Gasteiger partial charge < -0.3 is 15.0 Å². The van der Waals surface area contributed by atoms with E-state index in [0.29, 0.717) is 18.5 Å². The molecule has 3 rings (SSSR count). The third-order valence-electron chi connectivity index (χ3n) is 4.49. The number of esters is 1. The lowest BCUT2D eigenvalue weighted by molar-refractivity contribution is -0.119. The largest absolute Gasteiger partial charge is 0.452 e. The molecule has 6 nitrogen and oxygen atoms in total. The molecule has 0 aliphatic carbocycles. The van der Waals surface area contributed by atoms with Crippen LogP contribution in [0.15, 0.2) is 48.5 Å². The van der Waals surface area contributed by atoms with Crippen LogP contribution in [0.1, 0.15) is 35.7 Å². The van der Waals surface area contributed by atoms with Crippen LogP contribution in [0.5, 0.6) is 0 Å². The Morgan fingerprint density at radius 2 is 1.85 bits per heavy atom. The Kier molecular flexibility index (Phi) is 5.86. The first-order chi connectivity index (χ1) is 13.1. The Labute approximate surface area is 158 Å². The third kappa shape index (κ3) is 4.53. The van der Waals surface area contributed by atoms with Crippen molar-refractivity contribution in [3.8, 4) is 0 Å². The molecule has 140 valence electrons. The monoisotopic (exact) mass is 366 g/mol. The van der Waals surface area contributed by atoms with Crippen LogP contribution >= 0.6 is 0 Å². The van der Waals surface area contributed by atoms with E-state index in [9.17, 15) is 14.4 Å². The first-order valence-electron chi connectivity index (χ1n) is 9.04. The second kappa shape index (κ2) is 8.49. The molecule has 2 amide bonds. The standard InChI is InChI=1S/C21H22N2O4/c1-2-15-6-3-4-7-18(15)22-19(24)14-27-21(26)16-9-11-17(12-10-16)23-13-5-8-20(23)25/h3-4,6-7,9-12H,2,5,8,13-14H2,1H3,(H,22,24). The highest BCUT2D eigenvalue weighted by molar-refractivity contribution is 5.97. The van der Waals surface area contributed by atoms with E-state index < -0.39 is 5.97 Å². The molecule has 0 radical (unpaired) electrons. The molecule has 6 heteroatoms. The zero-order chi connectivity index (χ0) is 19.2. The third-order valence-corrected chi connectivity index (χ3v) is 4.49. The van der Waals surface area contributed by atoms with E-state index in [0.717, 1.165) is 29.8 Å². The molecule has 0 bridgehead atoms. The second-order valence-corrected chi connectivity index (χ2v) is 6.33. The summed E-state index contributed by atoms with van der Waals surface area (Å²) in [7, 11) is 0. The quantitative estimate of drug-likeness (QED) is 0.797. The first-order valence-corrected chi connectivity index (χ1v) is 9.04. The van der Waals surface area contributed by atoms with Crippen molar-refractivity contribution in [3.05, 3.63) is 59.7 Å². The van der Waals surface area contributed by atoms with Crippen LogP contribution in [0.4, 0.5) is 11.4 Å². The fraction of sp³-hybridized carbons (Fsp3) is 0.286. The molecule has 27 heavy (non-hydrogen) atoms. The van der Waals surface area contributed by atoms with Gasteiger partial charge in [-0.05, 0) is 48.7 Å². The van der Waals surface area contributed by atoms with Gasteiger partial charge in [0, 0.05) is 24.3 Å². The predicted octanol–water partition coefficient (Wildman–Crippen LogP) is 3.17. The number of hydrogen-bond donors (Lipinski definition) is 1. The molecule has 1 saturated heterocycles. The summed E-state index contributed by atoms with van der Waals surface area (Å²) in [6.45, 7) is 2.34. The Bertz CT molecular complexity index is 846. The summed E-state index contributed by atoms with van der Waals surface area (Å²) in [6.07, 6.45) is 2.20. The van der Waals surface area contributed by atoms with Crippen molar-refractivity contribution in [1.82, 2.24) is 0 Å². The molecular formula is C21H22N2O4. The highest BCUT2D eigenvalue weighted by Gasteiger charge is 2.21. The van der Waals surface area contributed by atoms with Crippen molar-refractivity contribution in [2.24, 2.45) is 0 Å². The molecular weight excluding hydrogens is 344 g/mol. The van der Waals surface area contributed by atoms with Crippen LogP contribution in [0.25, 0.3) is 0 Å². The van der Waals surface area contributed by atoms with Crippen molar-refractivity contribution >= 4 is 29.2 Å². The molecule has 1 fully saturated rings. The number of carbonyl (C=O) groups excluding carboxylic acids is 3. The lowest BCUT2D eigenvalue weighted by Crippen LogP contribution is -2.24. The molecule has 0 spiro atoms. The van der Waals surface area contributed by atoms with Gasteiger partial charge in [-0.25, -0.2) is 4.79 Å². The molecule has 0 aromatic heterocycles. The van der Waals surface area contributed by atoms with Gasteiger partial charge in [-0.15, -0.1) is 0 Å². The van der Waals surface area contributed by atoms with Gasteiger partial charge in [0.2, 0.25) is 5.91 Å². The zero-order valence-corrected chi connectivity index (χ0v) is 15.2. The van der Waals surface area contributed by atoms with Crippen molar-refractivity contribution in [3.63, 3.8) is 0 Å². The van der Waals surface area contributed by atoms with Crippen molar-refractivity contribution in [2.75, 3.05) is 23.4 Å². The molecule has 0 atom stereocenters. The summed E-state index contributed by atoms with van der Waals surface area (Å²) in [5, 5.41) is 2.76. The number of amides is 2. The normalized spacial score (nSPS) is 13.5. The Morgan fingerprint density at radius 1 is 1.11 bits per heavy atom. The minimum atomic E-state index is -0.576. The number of rotatable bonds is 6. The van der Waals surface area contributed by atoms with E-state index in [2.05, 4.69) is 5.32 Å². The summed E-state index contributed by atoms with van der Waals surface area (Å²) in [4.78, 5) is 37.6. The lowest BCUT2D eigenvalue weighted by atomic mass is 10.1. The van der Waals surface area contributed by atoms with Crippen molar-refractivity contribution in [2.45, 2.75) is 26.2 Å². The van der Waals surface area contributed by atoms with Gasteiger partial charge in [-0.1, -0.05) is 25.1 Å². The maximum Gasteiger partial charge on any atom is 0.338 e. The minimum absolute atomic E-state index is 0.0920. The number of benzene rings is 2. The lowest BCUT2D eigenvalue weighted by Gasteiger charge is -2.15. The van der Waals surface area contributed by atoms with Gasteiger partial charge in [-0.3, -0.25) is 9.59 Å². The molecule has 1 N–H and O–H groups in total. The smallest absolute Gasteiger partial charge is 0.338 e. The summed E-state index contributed by atoms with van der Waals surface area (Å²) < 4.78 is 5.09. The number of nitrogens with zero attached hydrogens (tertiary/aromatic N) is 1. The molecule has 0 unspecified atom stereocenters. The summed E-state index contributed by atoms with van der Waals surface area (Å²) in [5.74, 6) is -0.869. The summed E-state index contributed by atoms with van der Waals surface area (Å²) >= 11 is 0. The van der Waals surface area contributed by atoms with Crippen LogP contribution in [0, 0.1) is 0 Å². The van der Waals surface area contributed by atoms with Crippen LogP contribution in [0.2, 0.25) is 0 Å². The average Bonchev–Trinajstić information content (AvgIpc) is 3.12. The van der Waals surface area contributed by atoms with Crippen LogP contribution in [-0.4, -0.2) is 30.9 Å². The SMILES string of the molecule is CCc1ccccc1NC(=O)COC(=O)c1ccc(N2CCCC2=O)cc1. The predicted molar refractivity (Wildman–Crippen MR) is 103 cm³/mol. The number of ether oxygens (including phenoxy) is 1. The van der Waals surface area contributed by atoms with Gasteiger partial charge in [0.15, 0.2) is 6.61 Å². The molecule has 2 aromatic carbocycles. The van der Waals surface area contributed by atoms with E-state index in [-0.39, 0.29) is 18.4 Å². The zero-order valence-electron chi connectivity index (χ0n) is 15.2. The minimum Gasteiger partial charge on any atom is -0.452 e. The summed E-state index contributed by atoms with van der Waals surface area (Å²) in [6, 6.07) is 14.2. The number of para-hydroxylation sites is 1. The molecule has 1 aliphatic rings. The topological polar surface area (TPSA) is 75.7 Å². The van der Waals surface area contributed by atoms with Crippen molar-refractivity contribution < 1.29 is 19.1 Å².